The van der Waals surface area contributed by atoms with Gasteiger partial charge in [-0.25, -0.2) is 17.9 Å². The smallest absolute Gasteiger partial charge is 0.340 e. The van der Waals surface area contributed by atoms with E-state index in [-0.39, 0.29) is 5.56 Å². The van der Waals surface area contributed by atoms with Gasteiger partial charge in [-0.1, -0.05) is 24.3 Å². The van der Waals surface area contributed by atoms with Crippen LogP contribution in [-0.4, -0.2) is 29.7 Å². The van der Waals surface area contributed by atoms with Gasteiger partial charge in [-0.3, -0.25) is 5.10 Å². The number of hydrogen-bond donors (Lipinski definition) is 3. The number of rotatable bonds is 5. The lowest BCUT2D eigenvalue weighted by Gasteiger charge is -2.16. The Morgan fingerprint density at radius 1 is 1.38 bits per heavy atom. The van der Waals surface area contributed by atoms with E-state index in [1.807, 2.05) is 31.2 Å². The molecule has 1 heterocycles. The molecule has 0 radical (unpaired) electrons. The van der Waals surface area contributed by atoms with E-state index in [1.165, 1.54) is 0 Å². The summed E-state index contributed by atoms with van der Waals surface area (Å²) >= 11 is 0. The molecular weight excluding hydrogens is 294 g/mol. The van der Waals surface area contributed by atoms with Gasteiger partial charge in [0.2, 0.25) is 0 Å². The fraction of sp³-hybridized carbons (Fsp3) is 0.231. The van der Waals surface area contributed by atoms with Crippen LogP contribution in [-0.2, 0) is 10.0 Å². The van der Waals surface area contributed by atoms with E-state index >= 15 is 0 Å². The van der Waals surface area contributed by atoms with Gasteiger partial charge in [0.05, 0.1) is 6.20 Å². The Kier molecular flexibility index (Phi) is 4.10. The largest absolute Gasteiger partial charge is 0.478 e. The first-order valence-electron chi connectivity index (χ1n) is 6.17. The van der Waals surface area contributed by atoms with Gasteiger partial charge in [-0.15, -0.1) is 0 Å². The molecule has 0 aliphatic heterocycles. The molecule has 0 aliphatic rings. The van der Waals surface area contributed by atoms with Crippen molar-refractivity contribution in [2.24, 2.45) is 0 Å². The molecule has 7 nitrogen and oxygen atoms in total. The minimum Gasteiger partial charge on any atom is -0.478 e. The third-order valence-electron chi connectivity index (χ3n) is 3.09. The van der Waals surface area contributed by atoms with Gasteiger partial charge >= 0.3 is 5.97 Å². The number of nitrogens with zero attached hydrogens (tertiary/aromatic N) is 1. The zero-order valence-electron chi connectivity index (χ0n) is 11.5. The Balaban J connectivity index is 2.32. The maximum atomic E-state index is 12.3. The molecule has 2 aromatic rings. The lowest BCUT2D eigenvalue weighted by atomic mass is 10.0. The first kappa shape index (κ1) is 15.2. The van der Waals surface area contributed by atoms with E-state index in [2.05, 4.69) is 14.9 Å². The van der Waals surface area contributed by atoms with Crippen LogP contribution in [0, 0.1) is 6.92 Å². The van der Waals surface area contributed by atoms with Crippen LogP contribution in [0.5, 0.6) is 0 Å². The third-order valence-corrected chi connectivity index (χ3v) is 4.60. The Morgan fingerprint density at radius 3 is 2.67 bits per heavy atom. The summed E-state index contributed by atoms with van der Waals surface area (Å²) in [6, 6.07) is 6.86. The van der Waals surface area contributed by atoms with Crippen molar-refractivity contribution in [3.05, 3.63) is 47.2 Å². The second-order valence-corrected chi connectivity index (χ2v) is 6.27. The van der Waals surface area contributed by atoms with E-state index in [9.17, 15) is 13.2 Å². The summed E-state index contributed by atoms with van der Waals surface area (Å²) in [5, 5.41) is 14.2. The first-order valence-corrected chi connectivity index (χ1v) is 7.66. The van der Waals surface area contributed by atoms with Crippen molar-refractivity contribution in [1.82, 2.24) is 14.9 Å². The number of nitrogens with one attached hydrogen (secondary N) is 2. The number of hydrogen-bond acceptors (Lipinski definition) is 4. The third kappa shape index (κ3) is 3.11. The number of carboxylic acid groups (broad SMARTS) is 1. The monoisotopic (exact) mass is 309 g/mol. The predicted octanol–water partition coefficient (Wildman–Crippen LogP) is 1.46. The molecule has 112 valence electrons. The van der Waals surface area contributed by atoms with E-state index in [0.717, 1.165) is 17.3 Å². The minimum absolute atomic E-state index is 0.389. The standard InChI is InChI=1S/C13H15N3O4S/c1-8-5-3-4-6-10(8)9(2)16-21(19,20)12-11(13(17)18)7-14-15-12/h3-7,9,16H,1-2H3,(H,14,15)(H,17,18). The quantitative estimate of drug-likeness (QED) is 0.774. The molecule has 1 unspecified atom stereocenters. The van der Waals surface area contributed by atoms with Crippen LogP contribution in [0.3, 0.4) is 0 Å². The van der Waals surface area contributed by atoms with Crippen LogP contribution < -0.4 is 4.72 Å². The molecule has 3 N–H and O–H groups in total. The molecule has 21 heavy (non-hydrogen) atoms. The van der Waals surface area contributed by atoms with Gasteiger partial charge in [0.25, 0.3) is 10.0 Å². The van der Waals surface area contributed by atoms with E-state index in [4.69, 9.17) is 5.11 Å². The highest BCUT2D eigenvalue weighted by Gasteiger charge is 2.26. The zero-order chi connectivity index (χ0) is 15.6. The van der Waals surface area contributed by atoms with Crippen LogP contribution in [0.1, 0.15) is 34.5 Å². The van der Waals surface area contributed by atoms with Crippen LogP contribution in [0.2, 0.25) is 0 Å². The lowest BCUT2D eigenvalue weighted by Crippen LogP contribution is -2.28. The highest BCUT2D eigenvalue weighted by atomic mass is 32.2. The number of benzene rings is 1. The average Bonchev–Trinajstić information content (AvgIpc) is 2.88. The van der Waals surface area contributed by atoms with Gasteiger partial charge in [0, 0.05) is 6.04 Å². The summed E-state index contributed by atoms with van der Waals surface area (Å²) in [6.45, 7) is 3.57. The van der Waals surface area contributed by atoms with E-state index < -0.39 is 27.1 Å². The summed E-state index contributed by atoms with van der Waals surface area (Å²) < 4.78 is 27.0. The van der Waals surface area contributed by atoms with Crippen molar-refractivity contribution in [3.63, 3.8) is 0 Å². The summed E-state index contributed by atoms with van der Waals surface area (Å²) in [4.78, 5) is 11.0. The molecule has 0 fully saturated rings. The van der Waals surface area contributed by atoms with Crippen LogP contribution in [0.15, 0.2) is 35.5 Å². The second-order valence-electron chi connectivity index (χ2n) is 4.62. The van der Waals surface area contributed by atoms with Crippen molar-refractivity contribution >= 4 is 16.0 Å². The zero-order valence-corrected chi connectivity index (χ0v) is 12.3. The minimum atomic E-state index is -4.01. The molecule has 0 saturated heterocycles. The summed E-state index contributed by atoms with van der Waals surface area (Å²) in [7, 11) is -4.01. The van der Waals surface area contributed by atoms with Crippen molar-refractivity contribution in [2.75, 3.05) is 0 Å². The molecule has 0 bridgehead atoms. The molecular formula is C13H15N3O4S. The fourth-order valence-electron chi connectivity index (χ4n) is 2.06. The number of aromatic carboxylic acids is 1. The molecule has 0 aliphatic carbocycles. The van der Waals surface area contributed by atoms with E-state index in [1.54, 1.807) is 6.92 Å². The van der Waals surface area contributed by atoms with Gasteiger partial charge in [-0.2, -0.15) is 5.10 Å². The van der Waals surface area contributed by atoms with Crippen molar-refractivity contribution in [3.8, 4) is 0 Å². The molecule has 8 heteroatoms. The normalized spacial score (nSPS) is 13.0. The first-order chi connectivity index (χ1) is 9.83. The highest BCUT2D eigenvalue weighted by Crippen LogP contribution is 2.20. The number of aromatic nitrogens is 2. The molecule has 1 aromatic carbocycles. The topological polar surface area (TPSA) is 112 Å². The summed E-state index contributed by atoms with van der Waals surface area (Å²) in [6.07, 6.45) is 0.968. The molecule has 0 spiro atoms. The van der Waals surface area contributed by atoms with Gasteiger partial charge in [0.15, 0.2) is 5.03 Å². The Bertz CT molecular complexity index is 767. The molecule has 1 aromatic heterocycles. The average molecular weight is 309 g/mol. The molecule has 1 atom stereocenters. The van der Waals surface area contributed by atoms with Gasteiger partial charge in [-0.05, 0) is 25.0 Å². The van der Waals surface area contributed by atoms with Crippen molar-refractivity contribution in [1.29, 1.82) is 0 Å². The Morgan fingerprint density at radius 2 is 2.05 bits per heavy atom. The van der Waals surface area contributed by atoms with Gasteiger partial charge in [0.1, 0.15) is 5.56 Å². The number of sulfonamides is 1. The Hall–Kier alpha value is -2.19. The number of carboxylic acids is 1. The van der Waals surface area contributed by atoms with Crippen LogP contribution in [0.4, 0.5) is 0 Å². The van der Waals surface area contributed by atoms with Crippen LogP contribution >= 0.6 is 0 Å². The molecule has 2 rings (SSSR count). The summed E-state index contributed by atoms with van der Waals surface area (Å²) in [5.41, 5.74) is 1.37. The summed E-state index contributed by atoms with van der Waals surface area (Å²) in [5.74, 6) is -1.35. The maximum absolute atomic E-state index is 12.3. The number of carbonyl (C=O) groups is 1. The van der Waals surface area contributed by atoms with Crippen molar-refractivity contribution in [2.45, 2.75) is 24.9 Å². The van der Waals surface area contributed by atoms with Gasteiger partial charge < -0.3 is 5.11 Å². The SMILES string of the molecule is Cc1ccccc1C(C)NS(=O)(=O)c1[nH]ncc1C(=O)O. The van der Waals surface area contributed by atoms with Crippen LogP contribution in [0.25, 0.3) is 0 Å². The lowest BCUT2D eigenvalue weighted by molar-refractivity contribution is 0.0692. The predicted molar refractivity (Wildman–Crippen MR) is 75.5 cm³/mol. The Labute approximate surface area is 122 Å². The fourth-order valence-corrected chi connectivity index (χ4v) is 3.37. The maximum Gasteiger partial charge on any atom is 0.340 e. The van der Waals surface area contributed by atoms with E-state index in [0.29, 0.717) is 0 Å². The number of H-pyrrole nitrogens is 1. The van der Waals surface area contributed by atoms with Crippen molar-refractivity contribution < 1.29 is 18.3 Å². The molecule has 0 amide bonds. The number of aryl methyl sites for hydroxylation is 1. The highest BCUT2D eigenvalue weighted by molar-refractivity contribution is 7.89. The number of aromatic amines is 1. The molecule has 0 saturated carbocycles. The second kappa shape index (κ2) is 5.66.